The van der Waals surface area contributed by atoms with E-state index in [1.807, 2.05) is 0 Å². The molecule has 2 saturated heterocycles. The molecule has 4 aliphatic rings. The fourth-order valence-electron chi connectivity index (χ4n) is 6.23. The number of hydrogen-bond donors (Lipinski definition) is 1. The van der Waals surface area contributed by atoms with E-state index in [1.54, 1.807) is 24.3 Å². The van der Waals surface area contributed by atoms with E-state index in [0.717, 1.165) is 14.2 Å². The van der Waals surface area contributed by atoms with E-state index < -0.39 is 71.3 Å². The summed E-state index contributed by atoms with van der Waals surface area (Å²) in [5.74, 6) is -8.23. The highest BCUT2D eigenvalue weighted by Gasteiger charge is 2.64. The zero-order valence-electron chi connectivity index (χ0n) is 18.9. The Bertz CT molecular complexity index is 1220. The topological polar surface area (TPSA) is 148 Å². The summed E-state index contributed by atoms with van der Waals surface area (Å²) in [5, 5.41) is 10.7. The van der Waals surface area contributed by atoms with Crippen LogP contribution in [0.1, 0.15) is 24.3 Å². The lowest BCUT2D eigenvalue weighted by molar-refractivity contribution is -0.139. The van der Waals surface area contributed by atoms with Crippen LogP contribution in [-0.4, -0.2) is 64.9 Å². The Morgan fingerprint density at radius 1 is 0.829 bits per heavy atom. The van der Waals surface area contributed by atoms with Crippen molar-refractivity contribution in [2.75, 3.05) is 14.2 Å². The normalized spacial score (nSPS) is 31.5. The van der Waals surface area contributed by atoms with Gasteiger partial charge in [0.2, 0.25) is 23.6 Å². The number of amides is 6. The molecular weight excluding hydrogens is 460 g/mol. The van der Waals surface area contributed by atoms with E-state index in [1.165, 1.54) is 6.07 Å². The van der Waals surface area contributed by atoms with Crippen molar-refractivity contribution in [3.05, 3.63) is 41.5 Å². The summed E-state index contributed by atoms with van der Waals surface area (Å²) in [7, 11) is 2.13. The molecule has 0 spiro atoms. The first-order chi connectivity index (χ1) is 16.7. The lowest BCUT2D eigenvalue weighted by Crippen LogP contribution is -2.43. The van der Waals surface area contributed by atoms with Gasteiger partial charge in [-0.1, -0.05) is 29.8 Å². The highest BCUT2D eigenvalue weighted by molar-refractivity contribution is 6.17. The van der Waals surface area contributed by atoms with Crippen molar-refractivity contribution < 1.29 is 43.3 Å². The van der Waals surface area contributed by atoms with Crippen LogP contribution in [0.2, 0.25) is 0 Å². The number of nitrogens with zero attached hydrogens (tertiary/aromatic N) is 2. The first-order valence-corrected chi connectivity index (χ1v) is 11.1. The van der Waals surface area contributed by atoms with Gasteiger partial charge in [0.25, 0.3) is 0 Å². The minimum Gasteiger partial charge on any atom is -0.508 e. The summed E-state index contributed by atoms with van der Waals surface area (Å²) >= 11 is 0. The number of benzene rings is 1. The van der Waals surface area contributed by atoms with Crippen molar-refractivity contribution >= 4 is 35.8 Å². The third kappa shape index (κ3) is 3.03. The van der Waals surface area contributed by atoms with E-state index in [9.17, 15) is 33.9 Å². The zero-order chi connectivity index (χ0) is 25.2. The van der Waals surface area contributed by atoms with Crippen molar-refractivity contribution in [2.45, 2.75) is 18.8 Å². The van der Waals surface area contributed by atoms with Crippen LogP contribution in [-0.2, 0) is 28.7 Å². The highest BCUT2D eigenvalue weighted by atomic mass is 16.5. The van der Waals surface area contributed by atoms with Crippen LogP contribution in [0, 0.1) is 29.6 Å². The summed E-state index contributed by atoms with van der Waals surface area (Å²) in [6.45, 7) is 0. The molecule has 2 heterocycles. The standard InChI is InChI=1S/C24H22N2O9/c1-34-23(32)25-19(28)12-8-7-10-13(17(12)21(25)30)9-14-18(16(10)11-5-3-4-6-15(11)27)22(31)26(20(14)29)24(33)35-2/h3-7,12-14,16-18,27H,8-9H2,1-2H3. The number of imide groups is 6. The van der Waals surface area contributed by atoms with Crippen LogP contribution < -0.4 is 0 Å². The van der Waals surface area contributed by atoms with Crippen LogP contribution in [0.5, 0.6) is 5.75 Å². The molecule has 182 valence electrons. The van der Waals surface area contributed by atoms with Crippen molar-refractivity contribution in [3.63, 3.8) is 0 Å². The van der Waals surface area contributed by atoms with Gasteiger partial charge >= 0.3 is 12.2 Å². The minimum absolute atomic E-state index is 0.0217. The molecule has 1 N–H and O–H groups in total. The van der Waals surface area contributed by atoms with Crippen molar-refractivity contribution in [2.24, 2.45) is 29.6 Å². The molecule has 1 saturated carbocycles. The largest absolute Gasteiger partial charge is 0.508 e. The SMILES string of the molecule is COC(=O)N1C(=O)C2CC=C3C(CC4C(=O)N(C(=O)OC)C(=O)C4C3c3ccccc3O)C2C1=O. The van der Waals surface area contributed by atoms with Crippen LogP contribution in [0.15, 0.2) is 35.9 Å². The number of carbonyl (C=O) groups excluding carboxylic acids is 6. The molecule has 11 heteroatoms. The van der Waals surface area contributed by atoms with Gasteiger partial charge < -0.3 is 14.6 Å². The second-order valence-corrected chi connectivity index (χ2v) is 9.05. The van der Waals surface area contributed by atoms with E-state index in [4.69, 9.17) is 0 Å². The Morgan fingerprint density at radius 3 is 2.00 bits per heavy atom. The number of para-hydroxylation sites is 1. The molecule has 0 bridgehead atoms. The summed E-state index contributed by atoms with van der Waals surface area (Å²) in [6.07, 6.45) is -0.272. The number of rotatable bonds is 1. The number of fused-ring (bicyclic) bond motifs is 4. The number of aromatic hydroxyl groups is 1. The van der Waals surface area contributed by atoms with Crippen molar-refractivity contribution in [1.82, 2.24) is 9.80 Å². The predicted octanol–water partition coefficient (Wildman–Crippen LogP) is 1.56. The Balaban J connectivity index is 1.64. The van der Waals surface area contributed by atoms with Crippen molar-refractivity contribution in [3.8, 4) is 5.75 Å². The highest BCUT2D eigenvalue weighted by Crippen LogP contribution is 2.58. The number of hydrogen-bond acceptors (Lipinski definition) is 9. The number of carbonyl (C=O) groups is 6. The molecule has 2 aliphatic carbocycles. The summed E-state index contributed by atoms with van der Waals surface area (Å²) in [6, 6.07) is 6.34. The zero-order valence-corrected chi connectivity index (χ0v) is 18.9. The Morgan fingerprint density at radius 2 is 1.40 bits per heavy atom. The average Bonchev–Trinajstić information content (AvgIpc) is 3.26. The molecule has 2 aliphatic heterocycles. The quantitative estimate of drug-likeness (QED) is 0.465. The van der Waals surface area contributed by atoms with Crippen LogP contribution >= 0.6 is 0 Å². The second kappa shape index (κ2) is 8.03. The first-order valence-electron chi connectivity index (χ1n) is 11.1. The molecule has 5 rings (SSSR count). The van der Waals surface area contributed by atoms with Gasteiger partial charge in [0, 0.05) is 11.5 Å². The number of phenolic OH excluding ortho intramolecular Hbond substituents is 1. The molecule has 0 radical (unpaired) electrons. The van der Waals surface area contributed by atoms with E-state index in [2.05, 4.69) is 9.47 Å². The first kappa shape index (κ1) is 22.8. The van der Waals surface area contributed by atoms with Gasteiger partial charge in [0.1, 0.15) is 5.75 Å². The van der Waals surface area contributed by atoms with E-state index in [0.29, 0.717) is 20.9 Å². The van der Waals surface area contributed by atoms with Gasteiger partial charge in [0.05, 0.1) is 37.9 Å². The lowest BCUT2D eigenvalue weighted by atomic mass is 9.57. The molecule has 6 atom stereocenters. The molecule has 6 amide bonds. The monoisotopic (exact) mass is 482 g/mol. The second-order valence-electron chi connectivity index (χ2n) is 9.05. The van der Waals surface area contributed by atoms with Crippen LogP contribution in [0.25, 0.3) is 0 Å². The predicted molar refractivity (Wildman–Crippen MR) is 114 cm³/mol. The van der Waals surface area contributed by atoms with Crippen molar-refractivity contribution in [1.29, 1.82) is 0 Å². The average molecular weight is 482 g/mol. The Kier molecular flexibility index (Phi) is 5.22. The molecule has 11 nitrogen and oxygen atoms in total. The van der Waals surface area contributed by atoms with Crippen LogP contribution in [0.3, 0.4) is 0 Å². The van der Waals surface area contributed by atoms with Gasteiger partial charge in [-0.25, -0.2) is 9.59 Å². The molecule has 1 aromatic rings. The minimum atomic E-state index is -1.11. The smallest absolute Gasteiger partial charge is 0.423 e. The van der Waals surface area contributed by atoms with E-state index >= 15 is 0 Å². The summed E-state index contributed by atoms with van der Waals surface area (Å²) in [5.41, 5.74) is 0.987. The van der Waals surface area contributed by atoms with Gasteiger partial charge in [0.15, 0.2) is 0 Å². The van der Waals surface area contributed by atoms with Gasteiger partial charge in [-0.2, -0.15) is 9.80 Å². The fourth-order valence-corrected chi connectivity index (χ4v) is 6.23. The van der Waals surface area contributed by atoms with Gasteiger partial charge in [-0.3, -0.25) is 19.2 Å². The lowest BCUT2D eigenvalue weighted by Gasteiger charge is -2.44. The van der Waals surface area contributed by atoms with Gasteiger partial charge in [-0.05, 0) is 24.8 Å². The Labute approximate surface area is 199 Å². The maximum atomic E-state index is 13.3. The third-order valence-corrected chi connectivity index (χ3v) is 7.63. The maximum Gasteiger partial charge on any atom is 0.423 e. The molecule has 0 aromatic heterocycles. The number of likely N-dealkylation sites (tertiary alicyclic amines) is 2. The Hall–Kier alpha value is -4.02. The number of allylic oxidation sites excluding steroid dienone is 2. The van der Waals surface area contributed by atoms with Gasteiger partial charge in [-0.15, -0.1) is 0 Å². The fraction of sp³-hybridized carbons (Fsp3) is 0.417. The molecule has 6 unspecified atom stereocenters. The molecule has 3 fully saturated rings. The number of ether oxygens (including phenoxy) is 2. The van der Waals surface area contributed by atoms with Crippen LogP contribution in [0.4, 0.5) is 9.59 Å². The third-order valence-electron chi connectivity index (χ3n) is 7.63. The number of phenols is 1. The summed E-state index contributed by atoms with van der Waals surface area (Å²) in [4.78, 5) is 78.1. The molecular formula is C24H22N2O9. The van der Waals surface area contributed by atoms with E-state index in [-0.39, 0.29) is 18.6 Å². The number of methoxy groups -OCH3 is 2. The summed E-state index contributed by atoms with van der Waals surface area (Å²) < 4.78 is 9.26. The molecule has 35 heavy (non-hydrogen) atoms. The molecule has 1 aromatic carbocycles. The maximum absolute atomic E-state index is 13.3.